The highest BCUT2D eigenvalue weighted by molar-refractivity contribution is 6.07. The highest BCUT2D eigenvalue weighted by Crippen LogP contribution is 2.35. The molecule has 128 valence electrons. The summed E-state index contributed by atoms with van der Waals surface area (Å²) in [6, 6.07) is 16.3. The Kier molecular flexibility index (Phi) is 3.65. The van der Waals surface area contributed by atoms with Crippen molar-refractivity contribution in [3.8, 4) is 5.75 Å². The Balaban J connectivity index is 1.82. The molecule has 0 fully saturated rings. The summed E-state index contributed by atoms with van der Waals surface area (Å²) in [6.45, 7) is 2.03. The molecule has 0 bridgehead atoms. The summed E-state index contributed by atoms with van der Waals surface area (Å²) in [7, 11) is 0. The molecule has 0 radical (unpaired) electrons. The average Bonchev–Trinajstić information content (AvgIpc) is 2.62. The van der Waals surface area contributed by atoms with E-state index < -0.39 is 0 Å². The Hall–Kier alpha value is -3.67. The fourth-order valence-corrected chi connectivity index (χ4v) is 2.91. The van der Waals surface area contributed by atoms with E-state index in [1.165, 1.54) is 6.07 Å². The minimum absolute atomic E-state index is 0.0155. The van der Waals surface area contributed by atoms with Crippen molar-refractivity contribution >= 4 is 44.6 Å². The molecule has 5 N–H and O–H groups in total. The number of anilines is 2. The van der Waals surface area contributed by atoms with Crippen LogP contribution in [0.4, 0.5) is 22.7 Å². The standard InChI is InChI=1S/C20H17N5O/c1-11-5-8-16-14(9-11)19(22)13-7-6-12(10-17(13)23-16)24-25-20-15(21)3-2-4-18(20)26/h2-10,26H,21H2,1H3,(H2,22,23). The number of hydrogen-bond acceptors (Lipinski definition) is 6. The van der Waals surface area contributed by atoms with Crippen LogP contribution in [0.15, 0.2) is 64.8 Å². The van der Waals surface area contributed by atoms with Crippen LogP contribution in [0.1, 0.15) is 5.56 Å². The lowest BCUT2D eigenvalue weighted by atomic mass is 10.1. The van der Waals surface area contributed by atoms with Gasteiger partial charge in [-0.25, -0.2) is 4.98 Å². The lowest BCUT2D eigenvalue weighted by Gasteiger charge is -2.08. The molecule has 0 spiro atoms. The van der Waals surface area contributed by atoms with Gasteiger partial charge >= 0.3 is 0 Å². The smallest absolute Gasteiger partial charge is 0.150 e. The predicted octanol–water partition coefficient (Wildman–Crippen LogP) is 4.98. The lowest BCUT2D eigenvalue weighted by Crippen LogP contribution is -1.93. The molecule has 0 saturated carbocycles. The van der Waals surface area contributed by atoms with E-state index in [2.05, 4.69) is 15.2 Å². The van der Waals surface area contributed by atoms with Gasteiger partial charge in [-0.3, -0.25) is 0 Å². The molecule has 0 atom stereocenters. The van der Waals surface area contributed by atoms with Crippen LogP contribution in [-0.2, 0) is 0 Å². The predicted molar refractivity (Wildman–Crippen MR) is 105 cm³/mol. The van der Waals surface area contributed by atoms with Crippen LogP contribution >= 0.6 is 0 Å². The summed E-state index contributed by atoms with van der Waals surface area (Å²) in [5.41, 5.74) is 16.8. The number of aryl methyl sites for hydroxylation is 1. The van der Waals surface area contributed by atoms with Gasteiger partial charge < -0.3 is 16.6 Å². The number of aromatic hydroxyl groups is 1. The van der Waals surface area contributed by atoms with Crippen molar-refractivity contribution in [3.63, 3.8) is 0 Å². The zero-order valence-corrected chi connectivity index (χ0v) is 14.1. The maximum absolute atomic E-state index is 9.86. The summed E-state index contributed by atoms with van der Waals surface area (Å²) in [4.78, 5) is 4.67. The number of pyridine rings is 1. The Labute approximate surface area is 149 Å². The topological polar surface area (TPSA) is 110 Å². The van der Waals surface area contributed by atoms with Gasteiger partial charge in [0.05, 0.1) is 28.1 Å². The Morgan fingerprint density at radius 2 is 1.73 bits per heavy atom. The van der Waals surface area contributed by atoms with Gasteiger partial charge in [0.1, 0.15) is 5.75 Å². The number of aromatic nitrogens is 1. The summed E-state index contributed by atoms with van der Waals surface area (Å²) in [5, 5.41) is 19.9. The van der Waals surface area contributed by atoms with Crippen LogP contribution in [0.5, 0.6) is 5.75 Å². The molecule has 0 amide bonds. The molecule has 4 rings (SSSR count). The van der Waals surface area contributed by atoms with Crippen LogP contribution in [0.3, 0.4) is 0 Å². The minimum Gasteiger partial charge on any atom is -0.506 e. The third-order valence-electron chi connectivity index (χ3n) is 4.27. The van der Waals surface area contributed by atoms with Gasteiger partial charge in [-0.2, -0.15) is 5.11 Å². The third kappa shape index (κ3) is 2.67. The van der Waals surface area contributed by atoms with E-state index in [0.29, 0.717) is 17.1 Å². The Bertz CT molecular complexity index is 1160. The SMILES string of the molecule is Cc1ccc2nc3cc(N=Nc4c(N)cccc4O)ccc3c(N)c2c1. The third-order valence-corrected chi connectivity index (χ3v) is 4.27. The van der Waals surface area contributed by atoms with E-state index in [4.69, 9.17) is 11.5 Å². The molecule has 26 heavy (non-hydrogen) atoms. The first kappa shape index (κ1) is 15.8. The highest BCUT2D eigenvalue weighted by Gasteiger charge is 2.08. The van der Waals surface area contributed by atoms with Crippen molar-refractivity contribution in [2.75, 3.05) is 11.5 Å². The van der Waals surface area contributed by atoms with Crippen molar-refractivity contribution in [2.45, 2.75) is 6.92 Å². The molecular formula is C20H17N5O. The molecule has 3 aromatic carbocycles. The van der Waals surface area contributed by atoms with Crippen molar-refractivity contribution in [2.24, 2.45) is 10.2 Å². The first-order chi connectivity index (χ1) is 12.5. The summed E-state index contributed by atoms with van der Waals surface area (Å²) < 4.78 is 0. The van der Waals surface area contributed by atoms with E-state index in [1.807, 2.05) is 43.3 Å². The van der Waals surface area contributed by atoms with E-state index >= 15 is 0 Å². The van der Waals surface area contributed by atoms with Gasteiger partial charge in [0.2, 0.25) is 0 Å². The fraction of sp³-hybridized carbons (Fsp3) is 0.0500. The Morgan fingerprint density at radius 3 is 2.54 bits per heavy atom. The minimum atomic E-state index is -0.0155. The lowest BCUT2D eigenvalue weighted by molar-refractivity contribution is 0.476. The van der Waals surface area contributed by atoms with Crippen molar-refractivity contribution in [1.82, 2.24) is 4.98 Å². The number of phenols is 1. The quantitative estimate of drug-likeness (QED) is 0.271. The maximum Gasteiger partial charge on any atom is 0.150 e. The zero-order chi connectivity index (χ0) is 18.3. The molecule has 1 heterocycles. The van der Waals surface area contributed by atoms with Gasteiger partial charge in [0, 0.05) is 10.8 Å². The van der Waals surface area contributed by atoms with Gasteiger partial charge in [0.15, 0.2) is 5.69 Å². The first-order valence-electron chi connectivity index (χ1n) is 8.12. The number of rotatable bonds is 2. The second kappa shape index (κ2) is 6.00. The van der Waals surface area contributed by atoms with Crippen LogP contribution in [0.2, 0.25) is 0 Å². The van der Waals surface area contributed by atoms with E-state index in [-0.39, 0.29) is 11.4 Å². The monoisotopic (exact) mass is 343 g/mol. The number of nitrogens with zero attached hydrogens (tertiary/aromatic N) is 3. The summed E-state index contributed by atoms with van der Waals surface area (Å²) in [5.74, 6) is -0.0155. The second-order valence-electron chi connectivity index (χ2n) is 6.16. The van der Waals surface area contributed by atoms with E-state index in [1.54, 1.807) is 12.1 Å². The van der Waals surface area contributed by atoms with Gasteiger partial charge in [0.25, 0.3) is 0 Å². The molecular weight excluding hydrogens is 326 g/mol. The van der Waals surface area contributed by atoms with Crippen LogP contribution in [-0.4, -0.2) is 10.1 Å². The zero-order valence-electron chi connectivity index (χ0n) is 14.1. The summed E-state index contributed by atoms with van der Waals surface area (Å²) >= 11 is 0. The number of azo groups is 1. The normalized spacial score (nSPS) is 11.6. The molecule has 0 saturated heterocycles. The van der Waals surface area contributed by atoms with Gasteiger partial charge in [-0.1, -0.05) is 17.7 Å². The van der Waals surface area contributed by atoms with Crippen LogP contribution in [0, 0.1) is 6.92 Å². The van der Waals surface area contributed by atoms with Crippen molar-refractivity contribution < 1.29 is 5.11 Å². The largest absolute Gasteiger partial charge is 0.506 e. The van der Waals surface area contributed by atoms with Gasteiger partial charge in [-0.15, -0.1) is 5.11 Å². The molecule has 0 aliphatic rings. The van der Waals surface area contributed by atoms with Crippen LogP contribution in [0.25, 0.3) is 21.8 Å². The molecule has 6 heteroatoms. The first-order valence-corrected chi connectivity index (χ1v) is 8.12. The number of fused-ring (bicyclic) bond motifs is 2. The molecule has 0 aliphatic carbocycles. The molecule has 1 aromatic heterocycles. The van der Waals surface area contributed by atoms with E-state index in [0.717, 1.165) is 27.4 Å². The highest BCUT2D eigenvalue weighted by atomic mass is 16.3. The fourth-order valence-electron chi connectivity index (χ4n) is 2.91. The second-order valence-corrected chi connectivity index (χ2v) is 6.16. The molecule has 0 unspecified atom stereocenters. The average molecular weight is 343 g/mol. The van der Waals surface area contributed by atoms with E-state index in [9.17, 15) is 5.11 Å². The summed E-state index contributed by atoms with van der Waals surface area (Å²) in [6.07, 6.45) is 0. The van der Waals surface area contributed by atoms with Gasteiger partial charge in [-0.05, 0) is 49.4 Å². The van der Waals surface area contributed by atoms with Crippen molar-refractivity contribution in [1.29, 1.82) is 0 Å². The molecule has 4 aromatic rings. The molecule has 0 aliphatic heterocycles. The molecule has 6 nitrogen and oxygen atoms in total. The number of phenolic OH excluding ortho intramolecular Hbond substituents is 1. The van der Waals surface area contributed by atoms with Crippen LogP contribution < -0.4 is 11.5 Å². The number of nitrogens with two attached hydrogens (primary N) is 2. The van der Waals surface area contributed by atoms with Crippen molar-refractivity contribution in [3.05, 3.63) is 60.2 Å². The number of benzene rings is 3. The Morgan fingerprint density at radius 1 is 0.885 bits per heavy atom. The maximum atomic E-state index is 9.86. The number of nitrogen functional groups attached to an aromatic ring is 2. The number of hydrogen-bond donors (Lipinski definition) is 3.